The Morgan fingerprint density at radius 3 is 2.84 bits per heavy atom. The van der Waals surface area contributed by atoms with E-state index in [-0.39, 0.29) is 24.1 Å². The summed E-state index contributed by atoms with van der Waals surface area (Å²) in [5.74, 6) is 0.0247. The number of carbonyl (C=O) groups excluding carboxylic acids is 1. The maximum absolute atomic E-state index is 12.0. The van der Waals surface area contributed by atoms with Crippen molar-refractivity contribution < 1.29 is 9.90 Å². The van der Waals surface area contributed by atoms with Gasteiger partial charge in [-0.2, -0.15) is 5.10 Å². The van der Waals surface area contributed by atoms with Crippen molar-refractivity contribution in [3.63, 3.8) is 0 Å². The van der Waals surface area contributed by atoms with Gasteiger partial charge in [-0.25, -0.2) is 0 Å². The molecule has 0 aromatic carbocycles. The van der Waals surface area contributed by atoms with Crippen molar-refractivity contribution in [1.82, 2.24) is 15.5 Å². The lowest BCUT2D eigenvalue weighted by Gasteiger charge is -2.13. The van der Waals surface area contributed by atoms with E-state index in [0.29, 0.717) is 18.7 Å². The molecule has 0 aliphatic heterocycles. The SMILES string of the molecule is CCCc1[nH]nc(C(=O)NCC(CC)CCO)c1N. The molecule has 1 atom stereocenters. The van der Waals surface area contributed by atoms with Crippen molar-refractivity contribution in [1.29, 1.82) is 0 Å². The van der Waals surface area contributed by atoms with Crippen molar-refractivity contribution in [3.05, 3.63) is 11.4 Å². The largest absolute Gasteiger partial charge is 0.396 e. The van der Waals surface area contributed by atoms with Crippen LogP contribution in [0.5, 0.6) is 0 Å². The van der Waals surface area contributed by atoms with Crippen LogP contribution in [0.4, 0.5) is 5.69 Å². The molecule has 108 valence electrons. The van der Waals surface area contributed by atoms with Crippen LogP contribution in [0.1, 0.15) is 49.3 Å². The first-order valence-corrected chi connectivity index (χ1v) is 6.85. The summed E-state index contributed by atoms with van der Waals surface area (Å²) in [6, 6.07) is 0. The van der Waals surface area contributed by atoms with E-state index >= 15 is 0 Å². The van der Waals surface area contributed by atoms with Gasteiger partial charge in [0.15, 0.2) is 5.69 Å². The fourth-order valence-electron chi connectivity index (χ4n) is 1.95. The van der Waals surface area contributed by atoms with Gasteiger partial charge in [0.1, 0.15) is 0 Å². The van der Waals surface area contributed by atoms with Gasteiger partial charge in [0, 0.05) is 13.2 Å². The molecule has 6 heteroatoms. The summed E-state index contributed by atoms with van der Waals surface area (Å²) in [6.07, 6.45) is 3.34. The monoisotopic (exact) mass is 268 g/mol. The Morgan fingerprint density at radius 1 is 1.53 bits per heavy atom. The third-order valence-electron chi connectivity index (χ3n) is 3.26. The second kappa shape index (κ2) is 7.78. The molecule has 1 rings (SSSR count). The number of aryl methyl sites for hydroxylation is 1. The Hall–Kier alpha value is -1.56. The second-order valence-corrected chi connectivity index (χ2v) is 4.71. The number of nitrogen functional groups attached to an aromatic ring is 1. The number of H-pyrrole nitrogens is 1. The van der Waals surface area contributed by atoms with Crippen LogP contribution in [0.2, 0.25) is 0 Å². The van der Waals surface area contributed by atoms with Crippen LogP contribution in [0.25, 0.3) is 0 Å². The molecule has 0 saturated heterocycles. The van der Waals surface area contributed by atoms with Crippen molar-refractivity contribution in [2.24, 2.45) is 5.92 Å². The topological polar surface area (TPSA) is 104 Å². The molecule has 0 spiro atoms. The van der Waals surface area contributed by atoms with Gasteiger partial charge < -0.3 is 16.2 Å². The highest BCUT2D eigenvalue weighted by molar-refractivity contribution is 5.97. The lowest BCUT2D eigenvalue weighted by molar-refractivity contribution is 0.0939. The van der Waals surface area contributed by atoms with E-state index in [9.17, 15) is 4.79 Å². The highest BCUT2D eigenvalue weighted by atomic mass is 16.3. The highest BCUT2D eigenvalue weighted by Gasteiger charge is 2.17. The number of nitrogens with zero attached hydrogens (tertiary/aromatic N) is 1. The van der Waals surface area contributed by atoms with Crippen molar-refractivity contribution in [2.45, 2.75) is 39.5 Å². The first kappa shape index (κ1) is 15.5. The zero-order valence-electron chi connectivity index (χ0n) is 11.7. The fraction of sp³-hybridized carbons (Fsp3) is 0.692. The molecule has 5 N–H and O–H groups in total. The number of amides is 1. The van der Waals surface area contributed by atoms with E-state index in [1.54, 1.807) is 0 Å². The molecule has 1 unspecified atom stereocenters. The first-order chi connectivity index (χ1) is 9.13. The summed E-state index contributed by atoms with van der Waals surface area (Å²) in [6.45, 7) is 4.75. The lowest BCUT2D eigenvalue weighted by atomic mass is 10.0. The molecule has 6 nitrogen and oxygen atoms in total. The Balaban J connectivity index is 2.58. The van der Waals surface area contributed by atoms with Crippen LogP contribution >= 0.6 is 0 Å². The van der Waals surface area contributed by atoms with Crippen LogP contribution < -0.4 is 11.1 Å². The Morgan fingerprint density at radius 2 is 2.26 bits per heavy atom. The number of aliphatic hydroxyl groups is 1. The van der Waals surface area contributed by atoms with Gasteiger partial charge in [-0.1, -0.05) is 26.7 Å². The van der Waals surface area contributed by atoms with Gasteiger partial charge in [-0.05, 0) is 18.8 Å². The van der Waals surface area contributed by atoms with Gasteiger partial charge in [-0.15, -0.1) is 0 Å². The lowest BCUT2D eigenvalue weighted by Crippen LogP contribution is -2.30. The van der Waals surface area contributed by atoms with E-state index in [2.05, 4.69) is 15.5 Å². The summed E-state index contributed by atoms with van der Waals surface area (Å²) in [5, 5.41) is 18.5. The number of nitrogens with one attached hydrogen (secondary N) is 2. The maximum Gasteiger partial charge on any atom is 0.273 e. The summed E-state index contributed by atoms with van der Waals surface area (Å²) in [7, 11) is 0. The Bertz CT molecular complexity index is 403. The summed E-state index contributed by atoms with van der Waals surface area (Å²) < 4.78 is 0. The minimum atomic E-state index is -0.257. The van der Waals surface area contributed by atoms with Crippen LogP contribution in [-0.4, -0.2) is 34.4 Å². The average molecular weight is 268 g/mol. The molecule has 0 fully saturated rings. The third-order valence-corrected chi connectivity index (χ3v) is 3.26. The molecule has 1 aromatic rings. The Labute approximate surface area is 113 Å². The molecule has 1 heterocycles. The third kappa shape index (κ3) is 4.24. The van der Waals surface area contributed by atoms with Gasteiger partial charge >= 0.3 is 0 Å². The fourth-order valence-corrected chi connectivity index (χ4v) is 1.95. The molecular formula is C13H24N4O2. The quantitative estimate of drug-likeness (QED) is 0.566. The second-order valence-electron chi connectivity index (χ2n) is 4.71. The van der Waals surface area contributed by atoms with E-state index in [0.717, 1.165) is 25.0 Å². The number of aliphatic hydroxyl groups excluding tert-OH is 1. The molecule has 1 aromatic heterocycles. The first-order valence-electron chi connectivity index (χ1n) is 6.85. The number of rotatable bonds is 8. The normalized spacial score (nSPS) is 12.4. The van der Waals surface area contributed by atoms with Crippen LogP contribution in [0.15, 0.2) is 0 Å². The number of hydrogen-bond donors (Lipinski definition) is 4. The molecular weight excluding hydrogens is 244 g/mol. The predicted molar refractivity (Wildman–Crippen MR) is 74.8 cm³/mol. The van der Waals surface area contributed by atoms with Crippen molar-refractivity contribution in [2.75, 3.05) is 18.9 Å². The minimum Gasteiger partial charge on any atom is -0.396 e. The molecule has 19 heavy (non-hydrogen) atoms. The zero-order chi connectivity index (χ0) is 14.3. The van der Waals surface area contributed by atoms with Crippen molar-refractivity contribution >= 4 is 11.6 Å². The number of aromatic nitrogens is 2. The Kier molecular flexibility index (Phi) is 6.35. The van der Waals surface area contributed by atoms with Gasteiger partial charge in [0.2, 0.25) is 0 Å². The van der Waals surface area contributed by atoms with Gasteiger partial charge in [-0.3, -0.25) is 9.89 Å². The highest BCUT2D eigenvalue weighted by Crippen LogP contribution is 2.15. The molecule has 0 aliphatic rings. The van der Waals surface area contributed by atoms with Gasteiger partial charge in [0.25, 0.3) is 5.91 Å². The zero-order valence-corrected chi connectivity index (χ0v) is 11.7. The van der Waals surface area contributed by atoms with Gasteiger partial charge in [0.05, 0.1) is 11.4 Å². The number of hydrogen-bond acceptors (Lipinski definition) is 4. The van der Waals surface area contributed by atoms with Crippen LogP contribution in [0.3, 0.4) is 0 Å². The predicted octanol–water partition coefficient (Wildman–Crippen LogP) is 1.08. The molecule has 0 radical (unpaired) electrons. The number of anilines is 1. The standard InChI is InChI=1S/C13H24N4O2/c1-3-5-10-11(14)12(17-16-10)13(19)15-8-9(4-2)6-7-18/h9,18H,3-8,14H2,1-2H3,(H,15,19)(H,16,17). The van der Waals surface area contributed by atoms with E-state index < -0.39 is 0 Å². The number of carbonyl (C=O) groups is 1. The average Bonchev–Trinajstić information content (AvgIpc) is 2.76. The minimum absolute atomic E-state index is 0.138. The van der Waals surface area contributed by atoms with Crippen LogP contribution in [-0.2, 0) is 6.42 Å². The number of nitrogens with two attached hydrogens (primary N) is 1. The number of aromatic amines is 1. The smallest absolute Gasteiger partial charge is 0.273 e. The molecule has 1 amide bonds. The molecule has 0 bridgehead atoms. The molecule has 0 saturated carbocycles. The summed E-state index contributed by atoms with van der Waals surface area (Å²) >= 11 is 0. The van der Waals surface area contributed by atoms with Crippen molar-refractivity contribution in [3.8, 4) is 0 Å². The van der Waals surface area contributed by atoms with Crippen LogP contribution in [0, 0.1) is 5.92 Å². The van der Waals surface area contributed by atoms with E-state index in [4.69, 9.17) is 10.8 Å². The molecule has 0 aliphatic carbocycles. The maximum atomic E-state index is 12.0. The summed E-state index contributed by atoms with van der Waals surface area (Å²) in [5.41, 5.74) is 7.41. The summed E-state index contributed by atoms with van der Waals surface area (Å²) in [4.78, 5) is 12.0. The van der Waals surface area contributed by atoms with E-state index in [1.165, 1.54) is 0 Å². The van der Waals surface area contributed by atoms with E-state index in [1.807, 2.05) is 13.8 Å².